The lowest BCUT2D eigenvalue weighted by molar-refractivity contribution is 0.00895. The smallest absolute Gasteiger partial charge is 0.0673 e. The fraction of sp³-hybridized carbons (Fsp3) is 0.900. The van der Waals surface area contributed by atoms with Gasteiger partial charge < -0.3 is 4.74 Å². The zero-order valence-electron chi connectivity index (χ0n) is 7.42. The van der Waals surface area contributed by atoms with E-state index in [1.54, 1.807) is 0 Å². The molecule has 1 atom stereocenters. The van der Waals surface area contributed by atoms with E-state index in [9.17, 15) is 0 Å². The summed E-state index contributed by atoms with van der Waals surface area (Å²) in [6.07, 6.45) is 8.83. The van der Waals surface area contributed by atoms with Crippen molar-refractivity contribution in [2.45, 2.75) is 31.8 Å². The zero-order valence-corrected chi connectivity index (χ0v) is 8.24. The minimum absolute atomic E-state index is 0.375. The molecular formula is C10H16OS. The Balaban J connectivity index is 1.80. The molecule has 0 bridgehead atoms. The van der Waals surface area contributed by atoms with Gasteiger partial charge in [-0.3, -0.25) is 0 Å². The van der Waals surface area contributed by atoms with E-state index in [4.69, 9.17) is 4.74 Å². The van der Waals surface area contributed by atoms with Gasteiger partial charge in [-0.25, -0.2) is 0 Å². The van der Waals surface area contributed by atoms with Crippen molar-refractivity contribution in [1.29, 1.82) is 0 Å². The minimum atomic E-state index is 0.375. The standard InChI is InChI=1S/C10H16OS/c1-2-6-11-10(3-1)9-4-7-12-8-5-9/h9-10H,1-2,4-8H2. The maximum atomic E-state index is 5.70. The molecule has 0 aliphatic carbocycles. The van der Waals surface area contributed by atoms with Crippen LogP contribution in [-0.4, -0.2) is 24.2 Å². The SMILES string of the molecule is [C]1CCCOC1C1CCSCC1. The molecule has 2 saturated heterocycles. The predicted molar refractivity (Wildman–Crippen MR) is 52.3 cm³/mol. The first-order valence-electron chi connectivity index (χ1n) is 4.89. The summed E-state index contributed by atoms with van der Waals surface area (Å²) in [4.78, 5) is 0. The lowest BCUT2D eigenvalue weighted by atomic mass is 9.91. The summed E-state index contributed by atoms with van der Waals surface area (Å²) in [6.45, 7) is 0.960. The third-order valence-corrected chi connectivity index (χ3v) is 3.71. The lowest BCUT2D eigenvalue weighted by Gasteiger charge is -2.32. The van der Waals surface area contributed by atoms with Crippen molar-refractivity contribution in [3.05, 3.63) is 6.42 Å². The summed E-state index contributed by atoms with van der Waals surface area (Å²) >= 11 is 2.08. The van der Waals surface area contributed by atoms with Crippen molar-refractivity contribution < 1.29 is 4.74 Å². The number of thioether (sulfide) groups is 1. The van der Waals surface area contributed by atoms with E-state index >= 15 is 0 Å². The summed E-state index contributed by atoms with van der Waals surface area (Å²) in [6, 6.07) is 0. The largest absolute Gasteiger partial charge is 0.377 e. The van der Waals surface area contributed by atoms with Crippen molar-refractivity contribution in [1.82, 2.24) is 0 Å². The van der Waals surface area contributed by atoms with Gasteiger partial charge in [-0.15, -0.1) is 0 Å². The molecule has 2 heteroatoms. The molecule has 1 unspecified atom stereocenters. The summed E-state index contributed by atoms with van der Waals surface area (Å²) in [7, 11) is 0. The normalized spacial score (nSPS) is 33.5. The number of rotatable bonds is 1. The first-order valence-corrected chi connectivity index (χ1v) is 6.05. The van der Waals surface area contributed by atoms with Crippen LogP contribution < -0.4 is 0 Å². The first-order chi connectivity index (χ1) is 5.97. The van der Waals surface area contributed by atoms with Crippen LogP contribution >= 0.6 is 11.8 Å². The fourth-order valence-electron chi connectivity index (χ4n) is 1.91. The van der Waals surface area contributed by atoms with E-state index in [2.05, 4.69) is 18.2 Å². The van der Waals surface area contributed by atoms with Crippen LogP contribution in [0.15, 0.2) is 0 Å². The molecule has 2 fully saturated rings. The topological polar surface area (TPSA) is 9.23 Å². The summed E-state index contributed by atoms with van der Waals surface area (Å²) < 4.78 is 5.70. The van der Waals surface area contributed by atoms with Crippen molar-refractivity contribution in [2.75, 3.05) is 18.1 Å². The average molecular weight is 184 g/mol. The lowest BCUT2D eigenvalue weighted by Crippen LogP contribution is -2.30. The number of ether oxygens (including phenoxy) is 1. The van der Waals surface area contributed by atoms with Crippen molar-refractivity contribution in [2.24, 2.45) is 5.92 Å². The second-order valence-corrected chi connectivity index (χ2v) is 4.77. The molecule has 0 aromatic carbocycles. The average Bonchev–Trinajstić information content (AvgIpc) is 2.21. The zero-order chi connectivity index (χ0) is 8.23. The Morgan fingerprint density at radius 3 is 2.75 bits per heavy atom. The van der Waals surface area contributed by atoms with E-state index in [1.165, 1.54) is 30.8 Å². The summed E-state index contributed by atoms with van der Waals surface area (Å²) in [5.74, 6) is 3.44. The molecule has 2 radical (unpaired) electrons. The Kier molecular flexibility index (Phi) is 3.35. The molecule has 0 aromatic rings. The van der Waals surface area contributed by atoms with Crippen molar-refractivity contribution >= 4 is 11.8 Å². The fourth-order valence-corrected chi connectivity index (χ4v) is 3.05. The van der Waals surface area contributed by atoms with Gasteiger partial charge in [0.1, 0.15) is 0 Å². The minimum Gasteiger partial charge on any atom is -0.377 e. The van der Waals surface area contributed by atoms with Gasteiger partial charge in [0.05, 0.1) is 6.10 Å². The van der Waals surface area contributed by atoms with Crippen LogP contribution in [-0.2, 0) is 4.74 Å². The van der Waals surface area contributed by atoms with Gasteiger partial charge in [0.2, 0.25) is 0 Å². The van der Waals surface area contributed by atoms with Crippen LogP contribution in [0.25, 0.3) is 0 Å². The molecule has 0 saturated carbocycles. The van der Waals surface area contributed by atoms with Crippen LogP contribution in [0.5, 0.6) is 0 Å². The van der Waals surface area contributed by atoms with E-state index in [0.717, 1.165) is 18.9 Å². The Labute approximate surface area is 79.2 Å². The molecular weight excluding hydrogens is 168 g/mol. The van der Waals surface area contributed by atoms with E-state index < -0.39 is 0 Å². The van der Waals surface area contributed by atoms with Gasteiger partial charge in [-0.1, -0.05) is 0 Å². The maximum absolute atomic E-state index is 5.70. The van der Waals surface area contributed by atoms with Gasteiger partial charge in [-0.2, -0.15) is 11.8 Å². The molecule has 0 aromatic heterocycles. The van der Waals surface area contributed by atoms with Gasteiger partial charge in [0.25, 0.3) is 0 Å². The number of hydrogen-bond donors (Lipinski definition) is 0. The molecule has 0 spiro atoms. The third kappa shape index (κ3) is 2.17. The molecule has 1 nitrogen and oxygen atoms in total. The number of hydrogen-bond acceptors (Lipinski definition) is 2. The van der Waals surface area contributed by atoms with Crippen LogP contribution in [0, 0.1) is 12.3 Å². The monoisotopic (exact) mass is 184 g/mol. The van der Waals surface area contributed by atoms with Crippen LogP contribution in [0.1, 0.15) is 25.7 Å². The maximum Gasteiger partial charge on any atom is 0.0673 e. The van der Waals surface area contributed by atoms with Crippen molar-refractivity contribution in [3.63, 3.8) is 0 Å². The molecule has 2 aliphatic rings. The second-order valence-electron chi connectivity index (χ2n) is 3.55. The van der Waals surface area contributed by atoms with Gasteiger partial charge in [-0.05, 0) is 43.1 Å². The molecule has 12 heavy (non-hydrogen) atoms. The highest BCUT2D eigenvalue weighted by atomic mass is 32.2. The predicted octanol–water partition coefficient (Wildman–Crippen LogP) is 2.39. The van der Waals surface area contributed by atoms with E-state index in [-0.39, 0.29) is 0 Å². The van der Waals surface area contributed by atoms with Gasteiger partial charge in [0.15, 0.2) is 0 Å². The third-order valence-electron chi connectivity index (χ3n) is 2.66. The summed E-state index contributed by atoms with van der Waals surface area (Å²) in [5, 5.41) is 0. The first kappa shape index (κ1) is 8.89. The van der Waals surface area contributed by atoms with Crippen LogP contribution in [0.4, 0.5) is 0 Å². The highest BCUT2D eigenvalue weighted by Crippen LogP contribution is 2.30. The summed E-state index contributed by atoms with van der Waals surface area (Å²) in [5.41, 5.74) is 0. The molecule has 68 valence electrons. The Bertz CT molecular complexity index is 110. The van der Waals surface area contributed by atoms with Gasteiger partial charge >= 0.3 is 0 Å². The second kappa shape index (κ2) is 4.52. The quantitative estimate of drug-likeness (QED) is 0.619. The molecule has 0 N–H and O–H groups in total. The highest BCUT2D eigenvalue weighted by molar-refractivity contribution is 7.99. The molecule has 2 rings (SSSR count). The van der Waals surface area contributed by atoms with Gasteiger partial charge in [0, 0.05) is 13.0 Å². The van der Waals surface area contributed by atoms with E-state index in [1.807, 2.05) is 0 Å². The molecule has 2 heterocycles. The highest BCUT2D eigenvalue weighted by Gasteiger charge is 2.26. The molecule has 2 aliphatic heterocycles. The van der Waals surface area contributed by atoms with Crippen molar-refractivity contribution in [3.8, 4) is 0 Å². The van der Waals surface area contributed by atoms with E-state index in [0.29, 0.717) is 6.10 Å². The van der Waals surface area contributed by atoms with Crippen LogP contribution in [0.2, 0.25) is 0 Å². The Hall–Kier alpha value is 0.310. The Morgan fingerprint density at radius 2 is 2.08 bits per heavy atom. The Morgan fingerprint density at radius 1 is 1.25 bits per heavy atom. The van der Waals surface area contributed by atoms with Crippen LogP contribution in [0.3, 0.4) is 0 Å². The molecule has 0 amide bonds.